The molecule has 1 saturated heterocycles. The van der Waals surface area contributed by atoms with Crippen LogP contribution in [0.3, 0.4) is 0 Å². The van der Waals surface area contributed by atoms with Gasteiger partial charge in [-0.2, -0.15) is 0 Å². The number of amides is 3. The summed E-state index contributed by atoms with van der Waals surface area (Å²) in [5.74, 6) is 5.35. The molecule has 6 aliphatic carbocycles. The van der Waals surface area contributed by atoms with Crippen LogP contribution in [0.15, 0.2) is 0 Å². The van der Waals surface area contributed by atoms with Crippen LogP contribution >= 0.6 is 0 Å². The van der Waals surface area contributed by atoms with Crippen molar-refractivity contribution < 1.29 is 14.4 Å². The first-order valence-corrected chi connectivity index (χ1v) is 9.85. The highest BCUT2D eigenvalue weighted by molar-refractivity contribution is 5.95. The largest absolute Gasteiger partial charge is 0.368 e. The van der Waals surface area contributed by atoms with Crippen LogP contribution in [0.25, 0.3) is 0 Å². The fraction of sp³-hybridized carbons (Fsp3) is 0.842. The molecule has 0 radical (unpaired) electrons. The summed E-state index contributed by atoms with van der Waals surface area (Å²) in [6.07, 6.45) is 0.971. The quantitative estimate of drug-likeness (QED) is 0.709. The third-order valence-corrected chi connectivity index (χ3v) is 9.43. The van der Waals surface area contributed by atoms with Gasteiger partial charge < -0.3 is 16.0 Å². The third kappa shape index (κ3) is 1.12. The minimum Gasteiger partial charge on any atom is -0.368 e. The summed E-state index contributed by atoms with van der Waals surface area (Å²) in [5, 5.41) is 2.86. The van der Waals surface area contributed by atoms with Gasteiger partial charge in [0, 0.05) is 13.1 Å². The van der Waals surface area contributed by atoms with Gasteiger partial charge in [-0.15, -0.1) is 0 Å². The van der Waals surface area contributed by atoms with Crippen LogP contribution in [-0.2, 0) is 14.4 Å². The zero-order chi connectivity index (χ0) is 17.5. The molecule has 134 valence electrons. The first-order valence-electron chi connectivity index (χ1n) is 9.85. The van der Waals surface area contributed by atoms with Gasteiger partial charge in [0.15, 0.2) is 0 Å². The van der Waals surface area contributed by atoms with Crippen LogP contribution in [0.4, 0.5) is 0 Å². The fourth-order valence-corrected chi connectivity index (χ4v) is 8.12. The molecule has 25 heavy (non-hydrogen) atoms. The summed E-state index contributed by atoms with van der Waals surface area (Å²) in [4.78, 5) is 39.2. The summed E-state index contributed by atoms with van der Waals surface area (Å²) in [6, 6.07) is 0. The van der Waals surface area contributed by atoms with E-state index < -0.39 is 11.4 Å². The molecule has 0 atom stereocenters. The van der Waals surface area contributed by atoms with Gasteiger partial charge in [0.05, 0.1) is 11.3 Å². The normalized spacial score (nSPS) is 49.4. The molecule has 0 aromatic heterocycles. The molecule has 3 N–H and O–H groups in total. The van der Waals surface area contributed by atoms with E-state index >= 15 is 0 Å². The highest BCUT2D eigenvalue weighted by atomic mass is 16.2. The number of carbonyl (C=O) groups excluding carboxylic acids is 3. The Labute approximate surface area is 146 Å². The standard InChI is InChI=1S/C19H25N3O3/c1-3-18(4-2,16(20)24)21-15(23)7-5-22(6-7)17(25)19-12-9-8-10(12)14(19)11(8)13(9)19/h7-14H,3-6H2,1-2H3,(H2,20,24)(H,21,23). The van der Waals surface area contributed by atoms with E-state index in [0.29, 0.717) is 49.6 Å². The predicted molar refractivity (Wildman–Crippen MR) is 87.6 cm³/mol. The molecule has 7 fully saturated rings. The summed E-state index contributed by atoms with van der Waals surface area (Å²) in [5.41, 5.74) is 4.57. The molecule has 1 heterocycles. The second-order valence-electron chi connectivity index (χ2n) is 9.37. The Kier molecular flexibility index (Phi) is 2.26. The Hall–Kier alpha value is -1.59. The highest BCUT2D eigenvalue weighted by Gasteiger charge is 3.06. The van der Waals surface area contributed by atoms with Crippen LogP contribution in [0.2, 0.25) is 0 Å². The average Bonchev–Trinajstić information content (AvgIpc) is 2.58. The van der Waals surface area contributed by atoms with Crippen molar-refractivity contribution in [3.63, 3.8) is 0 Å². The van der Waals surface area contributed by atoms with Gasteiger partial charge in [0.2, 0.25) is 17.7 Å². The van der Waals surface area contributed by atoms with Crippen LogP contribution in [0.5, 0.6) is 0 Å². The fourth-order valence-electron chi connectivity index (χ4n) is 8.12. The van der Waals surface area contributed by atoms with Crippen molar-refractivity contribution in [1.82, 2.24) is 10.2 Å². The van der Waals surface area contributed by atoms with E-state index in [4.69, 9.17) is 5.73 Å². The van der Waals surface area contributed by atoms with Crippen molar-refractivity contribution in [3.8, 4) is 0 Å². The summed E-state index contributed by atoms with van der Waals surface area (Å²) in [7, 11) is 0. The molecule has 6 saturated carbocycles. The summed E-state index contributed by atoms with van der Waals surface area (Å²) in [6.45, 7) is 4.73. The smallest absolute Gasteiger partial charge is 0.243 e. The van der Waals surface area contributed by atoms with Crippen molar-refractivity contribution in [2.75, 3.05) is 13.1 Å². The maximum absolute atomic E-state index is 13.0. The molecule has 0 unspecified atom stereocenters. The number of hydrogen-bond donors (Lipinski definition) is 2. The SMILES string of the molecule is CCC(CC)(NC(=O)C1CN(C(=O)C23C4C5C6C4C2C6C53)C1)C(N)=O. The molecule has 6 nitrogen and oxygen atoms in total. The number of nitrogens with two attached hydrogens (primary N) is 1. The number of carbonyl (C=O) groups is 3. The number of rotatable bonds is 6. The lowest BCUT2D eigenvalue weighted by Gasteiger charge is -3.06. The molecule has 0 bridgehead atoms. The van der Waals surface area contributed by atoms with Crippen LogP contribution in [-0.4, -0.2) is 41.2 Å². The van der Waals surface area contributed by atoms with Gasteiger partial charge in [-0.3, -0.25) is 14.4 Å². The maximum atomic E-state index is 13.0. The summed E-state index contributed by atoms with van der Waals surface area (Å²) < 4.78 is 0. The Bertz CT molecular complexity index is 685. The van der Waals surface area contributed by atoms with Crippen molar-refractivity contribution >= 4 is 17.7 Å². The number of primary amides is 1. The predicted octanol–water partition coefficient (Wildman–Crippen LogP) is -0.0271. The van der Waals surface area contributed by atoms with Crippen molar-refractivity contribution in [2.45, 2.75) is 32.2 Å². The van der Waals surface area contributed by atoms with Gasteiger partial charge in [0.25, 0.3) is 0 Å². The average molecular weight is 343 g/mol. The molecular weight excluding hydrogens is 318 g/mol. The van der Waals surface area contributed by atoms with E-state index in [0.717, 1.165) is 23.7 Å². The molecule has 0 aromatic carbocycles. The Morgan fingerprint density at radius 2 is 1.56 bits per heavy atom. The van der Waals surface area contributed by atoms with E-state index in [-0.39, 0.29) is 17.2 Å². The van der Waals surface area contributed by atoms with E-state index in [1.807, 2.05) is 18.7 Å². The first-order chi connectivity index (χ1) is 11.9. The lowest BCUT2D eigenvalue weighted by molar-refractivity contribution is -0.597. The third-order valence-electron chi connectivity index (χ3n) is 9.43. The van der Waals surface area contributed by atoms with Gasteiger partial charge in [0.1, 0.15) is 5.54 Å². The second kappa shape index (κ2) is 3.89. The van der Waals surface area contributed by atoms with Crippen LogP contribution < -0.4 is 11.1 Å². The van der Waals surface area contributed by atoms with Crippen molar-refractivity contribution in [3.05, 3.63) is 0 Å². The van der Waals surface area contributed by atoms with Gasteiger partial charge in [-0.05, 0) is 54.3 Å². The lowest BCUT2D eigenvalue weighted by Crippen LogP contribution is -3.07. The van der Waals surface area contributed by atoms with Crippen molar-refractivity contribution in [2.24, 2.45) is 58.5 Å². The number of nitrogens with one attached hydrogen (secondary N) is 1. The molecule has 7 aliphatic rings. The van der Waals surface area contributed by atoms with Gasteiger partial charge in [-0.25, -0.2) is 0 Å². The van der Waals surface area contributed by atoms with E-state index in [1.54, 1.807) is 0 Å². The molecule has 0 aromatic rings. The van der Waals surface area contributed by atoms with Gasteiger partial charge >= 0.3 is 0 Å². The molecule has 3 amide bonds. The van der Waals surface area contributed by atoms with Gasteiger partial charge in [-0.1, -0.05) is 13.8 Å². The zero-order valence-corrected chi connectivity index (χ0v) is 14.7. The minimum atomic E-state index is -0.959. The number of likely N-dealkylation sites (tertiary alicyclic amines) is 1. The molecule has 7 rings (SSSR count). The first kappa shape index (κ1) is 14.6. The Morgan fingerprint density at radius 1 is 1.04 bits per heavy atom. The lowest BCUT2D eigenvalue weighted by atomic mass is 8.96. The topological polar surface area (TPSA) is 92.5 Å². The molecule has 1 aliphatic heterocycles. The van der Waals surface area contributed by atoms with E-state index in [2.05, 4.69) is 5.32 Å². The van der Waals surface area contributed by atoms with E-state index in [1.165, 1.54) is 0 Å². The minimum absolute atomic E-state index is 0.0278. The van der Waals surface area contributed by atoms with E-state index in [9.17, 15) is 14.4 Å². The number of nitrogens with zero attached hydrogens (tertiary/aromatic N) is 1. The molecule has 0 spiro atoms. The number of hydrogen-bond acceptors (Lipinski definition) is 3. The molecule has 6 heteroatoms. The molecular formula is C19H25N3O3. The second-order valence-corrected chi connectivity index (χ2v) is 9.37. The monoisotopic (exact) mass is 343 g/mol. The van der Waals surface area contributed by atoms with Crippen LogP contribution in [0.1, 0.15) is 26.7 Å². The maximum Gasteiger partial charge on any atom is 0.243 e. The highest BCUT2D eigenvalue weighted by Crippen LogP contribution is 3.06. The Balaban J connectivity index is 1.09. The van der Waals surface area contributed by atoms with Crippen molar-refractivity contribution in [1.29, 1.82) is 0 Å². The van der Waals surface area contributed by atoms with Crippen LogP contribution in [0, 0.1) is 52.8 Å². The summed E-state index contributed by atoms with van der Waals surface area (Å²) >= 11 is 0. The Morgan fingerprint density at radius 3 is 2.00 bits per heavy atom. The zero-order valence-electron chi connectivity index (χ0n) is 14.7.